The maximum absolute atomic E-state index is 12.9. The predicted molar refractivity (Wildman–Crippen MR) is 58.2 cm³/mol. The fraction of sp³-hybridized carbons (Fsp3) is 0.400. The highest BCUT2D eigenvalue weighted by Crippen LogP contribution is 2.43. The lowest BCUT2D eigenvalue weighted by Gasteiger charge is -2.25. The van der Waals surface area contributed by atoms with E-state index in [2.05, 4.69) is 0 Å². The Bertz CT molecular complexity index is 379. The van der Waals surface area contributed by atoms with Crippen molar-refractivity contribution in [2.24, 2.45) is 5.73 Å². The van der Waals surface area contributed by atoms with Gasteiger partial charge in [-0.15, -0.1) is 12.4 Å². The van der Waals surface area contributed by atoms with Crippen LogP contribution in [0.3, 0.4) is 0 Å². The minimum Gasteiger partial charge on any atom is -0.497 e. The van der Waals surface area contributed by atoms with Gasteiger partial charge in [-0.1, -0.05) is 12.1 Å². The van der Waals surface area contributed by atoms with E-state index in [1.54, 1.807) is 0 Å². The molecular formula is C10H11ClF5NO. The molecule has 0 saturated carbocycles. The standard InChI is InChI=1S/C10H10F5NO.ClH/c1-17-7-4-2-6(3-5-7)8(16)9(11,12)10(13,14)15;/h2-5,8H,16H2,1H3;1H/t8-;/m1./s1. The predicted octanol–water partition coefficient (Wildman–Crippen LogP) is 3.31. The van der Waals surface area contributed by atoms with E-state index >= 15 is 0 Å². The van der Waals surface area contributed by atoms with E-state index in [1.165, 1.54) is 19.2 Å². The van der Waals surface area contributed by atoms with Crippen molar-refractivity contribution >= 4 is 12.4 Å². The summed E-state index contributed by atoms with van der Waals surface area (Å²) in [6.07, 6.45) is -5.67. The Kier molecular flexibility index (Phi) is 5.36. The topological polar surface area (TPSA) is 35.2 Å². The van der Waals surface area contributed by atoms with Crippen molar-refractivity contribution in [2.45, 2.75) is 18.1 Å². The molecular weight excluding hydrogens is 281 g/mol. The quantitative estimate of drug-likeness (QED) is 0.867. The van der Waals surface area contributed by atoms with Crippen LogP contribution in [0.2, 0.25) is 0 Å². The highest BCUT2D eigenvalue weighted by atomic mass is 35.5. The number of rotatable bonds is 3. The van der Waals surface area contributed by atoms with Crippen LogP contribution in [0.25, 0.3) is 0 Å². The minimum atomic E-state index is -5.67. The second-order valence-electron chi connectivity index (χ2n) is 3.37. The van der Waals surface area contributed by atoms with Crippen LogP contribution < -0.4 is 10.5 Å². The fourth-order valence-electron chi connectivity index (χ4n) is 1.20. The zero-order valence-electron chi connectivity index (χ0n) is 9.17. The number of alkyl halides is 5. The third-order valence-corrected chi connectivity index (χ3v) is 2.24. The van der Waals surface area contributed by atoms with Crippen LogP contribution in [0.4, 0.5) is 22.0 Å². The molecule has 1 atom stereocenters. The van der Waals surface area contributed by atoms with Crippen molar-refractivity contribution in [3.8, 4) is 5.75 Å². The summed E-state index contributed by atoms with van der Waals surface area (Å²) in [5.41, 5.74) is 4.63. The van der Waals surface area contributed by atoms with E-state index in [1.807, 2.05) is 0 Å². The van der Waals surface area contributed by atoms with Crippen LogP contribution in [0.5, 0.6) is 5.75 Å². The summed E-state index contributed by atoms with van der Waals surface area (Å²) in [7, 11) is 1.35. The Morgan fingerprint density at radius 3 is 1.83 bits per heavy atom. The van der Waals surface area contributed by atoms with E-state index in [9.17, 15) is 22.0 Å². The van der Waals surface area contributed by atoms with Gasteiger partial charge in [0.2, 0.25) is 0 Å². The molecule has 0 aromatic heterocycles. The molecule has 0 heterocycles. The highest BCUT2D eigenvalue weighted by molar-refractivity contribution is 5.85. The van der Waals surface area contributed by atoms with Gasteiger partial charge in [0.05, 0.1) is 7.11 Å². The zero-order chi connectivity index (χ0) is 13.3. The highest BCUT2D eigenvalue weighted by Gasteiger charge is 2.61. The Hall–Kier alpha value is -1.08. The largest absolute Gasteiger partial charge is 0.497 e. The molecule has 0 aliphatic heterocycles. The number of hydrogen-bond donors (Lipinski definition) is 1. The molecule has 0 amide bonds. The fourth-order valence-corrected chi connectivity index (χ4v) is 1.20. The average molecular weight is 292 g/mol. The van der Waals surface area contributed by atoms with Gasteiger partial charge >= 0.3 is 12.1 Å². The Morgan fingerprint density at radius 2 is 1.50 bits per heavy atom. The molecule has 1 aromatic carbocycles. The van der Waals surface area contributed by atoms with Gasteiger partial charge in [-0.05, 0) is 17.7 Å². The van der Waals surface area contributed by atoms with Gasteiger partial charge in [-0.2, -0.15) is 22.0 Å². The van der Waals surface area contributed by atoms with Gasteiger partial charge in [0.25, 0.3) is 0 Å². The van der Waals surface area contributed by atoms with Crippen LogP contribution in [0.1, 0.15) is 11.6 Å². The van der Waals surface area contributed by atoms with Gasteiger partial charge < -0.3 is 10.5 Å². The van der Waals surface area contributed by atoms with Crippen molar-refractivity contribution in [3.05, 3.63) is 29.8 Å². The van der Waals surface area contributed by atoms with Gasteiger partial charge in [0, 0.05) is 0 Å². The normalized spacial score (nSPS) is 13.7. The SMILES string of the molecule is COc1ccc([C@@H](N)C(F)(F)C(F)(F)F)cc1.Cl. The lowest BCUT2D eigenvalue weighted by Crippen LogP contribution is -2.45. The molecule has 0 bridgehead atoms. The summed E-state index contributed by atoms with van der Waals surface area (Å²) < 4.78 is 66.8. The summed E-state index contributed by atoms with van der Waals surface area (Å²) in [6, 6.07) is 2.24. The first-order valence-electron chi connectivity index (χ1n) is 4.54. The number of ether oxygens (including phenoxy) is 1. The number of methoxy groups -OCH3 is 1. The number of nitrogens with two attached hydrogens (primary N) is 1. The minimum absolute atomic E-state index is 0. The van der Waals surface area contributed by atoms with Crippen LogP contribution in [-0.2, 0) is 0 Å². The smallest absolute Gasteiger partial charge is 0.455 e. The molecule has 0 radical (unpaired) electrons. The second-order valence-corrected chi connectivity index (χ2v) is 3.37. The summed E-state index contributed by atoms with van der Waals surface area (Å²) in [4.78, 5) is 0. The van der Waals surface area contributed by atoms with E-state index in [0.29, 0.717) is 5.75 Å². The molecule has 1 aromatic rings. The van der Waals surface area contributed by atoms with Crippen LogP contribution in [0, 0.1) is 0 Å². The average Bonchev–Trinajstić information content (AvgIpc) is 2.26. The van der Waals surface area contributed by atoms with Gasteiger partial charge in [0.15, 0.2) is 0 Å². The zero-order valence-corrected chi connectivity index (χ0v) is 9.99. The van der Waals surface area contributed by atoms with E-state index < -0.39 is 18.1 Å². The molecule has 1 rings (SSSR count). The van der Waals surface area contributed by atoms with Crippen molar-refractivity contribution in [1.82, 2.24) is 0 Å². The molecule has 2 nitrogen and oxygen atoms in total. The molecule has 8 heteroatoms. The van der Waals surface area contributed by atoms with E-state index in [-0.39, 0.29) is 18.0 Å². The molecule has 18 heavy (non-hydrogen) atoms. The van der Waals surface area contributed by atoms with Gasteiger partial charge in [-0.25, -0.2) is 0 Å². The van der Waals surface area contributed by atoms with Crippen LogP contribution >= 0.6 is 12.4 Å². The first-order chi connectivity index (χ1) is 7.70. The number of benzene rings is 1. The second kappa shape index (κ2) is 5.71. The Labute approximate surface area is 106 Å². The van der Waals surface area contributed by atoms with Crippen molar-refractivity contribution < 1.29 is 26.7 Å². The third-order valence-electron chi connectivity index (χ3n) is 2.24. The lowest BCUT2D eigenvalue weighted by atomic mass is 10.0. The van der Waals surface area contributed by atoms with Gasteiger partial charge in [-0.3, -0.25) is 0 Å². The molecule has 0 fully saturated rings. The monoisotopic (exact) mass is 291 g/mol. The summed E-state index contributed by atoms with van der Waals surface area (Å²) >= 11 is 0. The summed E-state index contributed by atoms with van der Waals surface area (Å²) in [6.45, 7) is 0. The first-order valence-corrected chi connectivity index (χ1v) is 4.54. The Balaban J connectivity index is 0.00000289. The van der Waals surface area contributed by atoms with Gasteiger partial charge in [0.1, 0.15) is 11.8 Å². The van der Waals surface area contributed by atoms with Crippen LogP contribution in [0.15, 0.2) is 24.3 Å². The first kappa shape index (κ1) is 16.9. The van der Waals surface area contributed by atoms with Crippen molar-refractivity contribution in [2.75, 3.05) is 7.11 Å². The lowest BCUT2D eigenvalue weighted by molar-refractivity contribution is -0.291. The van der Waals surface area contributed by atoms with Crippen LogP contribution in [-0.4, -0.2) is 19.2 Å². The molecule has 0 spiro atoms. The summed E-state index contributed by atoms with van der Waals surface area (Å²) in [5, 5.41) is 0. The summed E-state index contributed by atoms with van der Waals surface area (Å²) in [5.74, 6) is -4.63. The molecule has 0 aliphatic rings. The van der Waals surface area contributed by atoms with Crippen molar-refractivity contribution in [1.29, 1.82) is 0 Å². The number of halogens is 6. The van der Waals surface area contributed by atoms with E-state index in [4.69, 9.17) is 10.5 Å². The number of hydrogen-bond acceptors (Lipinski definition) is 2. The molecule has 0 saturated heterocycles. The molecule has 0 unspecified atom stereocenters. The maximum Gasteiger partial charge on any atom is 0.455 e. The Morgan fingerprint density at radius 1 is 1.06 bits per heavy atom. The molecule has 0 aliphatic carbocycles. The van der Waals surface area contributed by atoms with Crippen molar-refractivity contribution in [3.63, 3.8) is 0 Å². The van der Waals surface area contributed by atoms with E-state index in [0.717, 1.165) is 12.1 Å². The maximum atomic E-state index is 12.9. The molecule has 104 valence electrons. The third kappa shape index (κ3) is 3.23. The molecule has 2 N–H and O–H groups in total.